The molecule has 2 heteroatoms. The van der Waals surface area contributed by atoms with Crippen LogP contribution in [0.2, 0.25) is 0 Å². The monoisotopic (exact) mass is 153 g/mol. The molecule has 1 aliphatic heterocycles. The summed E-state index contributed by atoms with van der Waals surface area (Å²) in [7, 11) is 0. The van der Waals surface area contributed by atoms with E-state index in [0.29, 0.717) is 5.92 Å². The molecule has 0 bridgehead atoms. The molecule has 0 radical (unpaired) electrons. The Morgan fingerprint density at radius 1 is 1.45 bits per heavy atom. The van der Waals surface area contributed by atoms with Crippen LogP contribution in [0.25, 0.3) is 0 Å². The van der Waals surface area contributed by atoms with Crippen LogP contribution < -0.4 is 0 Å². The van der Waals surface area contributed by atoms with Gasteiger partial charge in [-0.3, -0.25) is 0 Å². The zero-order chi connectivity index (χ0) is 8.10. The van der Waals surface area contributed by atoms with Crippen molar-refractivity contribution in [1.29, 1.82) is 5.26 Å². The molecule has 2 nitrogen and oxygen atoms in total. The number of nitriles is 1. The minimum Gasteiger partial charge on any atom is -0.363 e. The van der Waals surface area contributed by atoms with Gasteiger partial charge in [0.15, 0.2) is 0 Å². The number of hydrogen-bond acceptors (Lipinski definition) is 2. The lowest BCUT2D eigenvalue weighted by atomic mass is 9.97. The number of nitrogens with zero attached hydrogens (tertiary/aromatic N) is 1. The van der Waals surface area contributed by atoms with Gasteiger partial charge in [-0.15, -0.1) is 0 Å². The Balaban J connectivity index is 2.36. The predicted molar refractivity (Wildman–Crippen MR) is 43.0 cm³/mol. The molecule has 0 spiro atoms. The molecule has 0 aromatic rings. The molecule has 62 valence electrons. The van der Waals surface area contributed by atoms with Gasteiger partial charge in [-0.2, -0.15) is 5.26 Å². The largest absolute Gasteiger partial charge is 0.363 e. The Kier molecular flexibility index (Phi) is 3.38. The summed E-state index contributed by atoms with van der Waals surface area (Å²) >= 11 is 0. The third kappa shape index (κ3) is 2.90. The van der Waals surface area contributed by atoms with Crippen molar-refractivity contribution in [2.45, 2.75) is 38.7 Å². The van der Waals surface area contributed by atoms with Crippen molar-refractivity contribution < 1.29 is 4.74 Å². The number of rotatable bonds is 0. The van der Waals surface area contributed by atoms with E-state index in [-0.39, 0.29) is 6.10 Å². The molecule has 0 amide bonds. The molecule has 0 aromatic heterocycles. The second-order valence-electron chi connectivity index (χ2n) is 3.33. The first-order chi connectivity index (χ1) is 5.33. The van der Waals surface area contributed by atoms with E-state index < -0.39 is 0 Å². The molecule has 0 aliphatic carbocycles. The highest BCUT2D eigenvalue weighted by atomic mass is 16.5. The van der Waals surface area contributed by atoms with Gasteiger partial charge in [-0.25, -0.2) is 0 Å². The van der Waals surface area contributed by atoms with Crippen molar-refractivity contribution in [3.8, 4) is 6.07 Å². The fraction of sp³-hybridized carbons (Fsp3) is 0.889. The third-order valence-electron chi connectivity index (χ3n) is 2.17. The third-order valence-corrected chi connectivity index (χ3v) is 2.17. The van der Waals surface area contributed by atoms with Gasteiger partial charge < -0.3 is 4.74 Å². The Hall–Kier alpha value is -0.550. The Bertz CT molecular complexity index is 150. The maximum Gasteiger partial charge on any atom is 0.144 e. The van der Waals surface area contributed by atoms with Gasteiger partial charge in [0.1, 0.15) is 6.10 Å². The molecule has 0 unspecified atom stereocenters. The van der Waals surface area contributed by atoms with E-state index in [1.54, 1.807) is 0 Å². The summed E-state index contributed by atoms with van der Waals surface area (Å²) < 4.78 is 5.34. The first kappa shape index (κ1) is 8.55. The fourth-order valence-corrected chi connectivity index (χ4v) is 1.46. The minimum absolute atomic E-state index is 0.148. The molecule has 0 aromatic carbocycles. The predicted octanol–water partition coefficient (Wildman–Crippen LogP) is 2.11. The summed E-state index contributed by atoms with van der Waals surface area (Å²) in [5.74, 6) is 0.653. The second kappa shape index (κ2) is 4.35. The normalized spacial score (nSPS) is 33.5. The van der Waals surface area contributed by atoms with Gasteiger partial charge in [0.2, 0.25) is 0 Å². The van der Waals surface area contributed by atoms with Crippen molar-refractivity contribution >= 4 is 0 Å². The van der Waals surface area contributed by atoms with Crippen LogP contribution in [0.1, 0.15) is 32.6 Å². The molecule has 1 saturated heterocycles. The van der Waals surface area contributed by atoms with Gasteiger partial charge >= 0.3 is 0 Å². The topological polar surface area (TPSA) is 33.0 Å². The summed E-state index contributed by atoms with van der Waals surface area (Å²) in [5, 5.41) is 8.65. The fourth-order valence-electron chi connectivity index (χ4n) is 1.46. The van der Waals surface area contributed by atoms with E-state index in [0.717, 1.165) is 19.4 Å². The quantitative estimate of drug-likeness (QED) is 0.534. The Morgan fingerprint density at radius 3 is 3.00 bits per heavy atom. The maximum absolute atomic E-state index is 8.65. The van der Waals surface area contributed by atoms with E-state index in [1.165, 1.54) is 12.8 Å². The summed E-state index contributed by atoms with van der Waals surface area (Å²) in [5.41, 5.74) is 0. The minimum atomic E-state index is -0.148. The zero-order valence-electron chi connectivity index (χ0n) is 7.05. The summed E-state index contributed by atoms with van der Waals surface area (Å²) in [6, 6.07) is 2.18. The first-order valence-corrected chi connectivity index (χ1v) is 4.34. The van der Waals surface area contributed by atoms with Crippen LogP contribution in [-0.2, 0) is 4.74 Å². The van der Waals surface area contributed by atoms with Crippen LogP contribution in [0.4, 0.5) is 0 Å². The van der Waals surface area contributed by atoms with Crippen molar-refractivity contribution in [1.82, 2.24) is 0 Å². The van der Waals surface area contributed by atoms with Gasteiger partial charge in [0, 0.05) is 6.61 Å². The van der Waals surface area contributed by atoms with Crippen molar-refractivity contribution in [2.24, 2.45) is 5.92 Å². The lowest BCUT2D eigenvalue weighted by molar-refractivity contribution is 0.0585. The Morgan fingerprint density at radius 2 is 2.27 bits per heavy atom. The molecule has 1 rings (SSSR count). The number of ether oxygens (including phenoxy) is 1. The average Bonchev–Trinajstić information content (AvgIpc) is 1.96. The van der Waals surface area contributed by atoms with Crippen LogP contribution in [0.15, 0.2) is 0 Å². The molecule has 0 N–H and O–H groups in total. The zero-order valence-corrected chi connectivity index (χ0v) is 7.05. The summed E-state index contributed by atoms with van der Waals surface area (Å²) in [4.78, 5) is 0. The number of hydrogen-bond donors (Lipinski definition) is 0. The highest BCUT2D eigenvalue weighted by molar-refractivity contribution is 4.85. The Labute approximate surface area is 68.2 Å². The molecule has 11 heavy (non-hydrogen) atoms. The van der Waals surface area contributed by atoms with Crippen LogP contribution in [0, 0.1) is 17.2 Å². The molecule has 1 fully saturated rings. The SMILES string of the molecule is C[C@H]1CCCCO[C@@H](C#N)C1. The van der Waals surface area contributed by atoms with Crippen LogP contribution in [0.5, 0.6) is 0 Å². The van der Waals surface area contributed by atoms with Crippen LogP contribution in [-0.4, -0.2) is 12.7 Å². The maximum atomic E-state index is 8.65. The molecule has 0 saturated carbocycles. The molecular weight excluding hydrogens is 138 g/mol. The van der Waals surface area contributed by atoms with E-state index >= 15 is 0 Å². The molecular formula is C9H15NO. The molecule has 1 aliphatic rings. The lowest BCUT2D eigenvalue weighted by Gasteiger charge is -2.19. The van der Waals surface area contributed by atoms with Gasteiger partial charge in [0.05, 0.1) is 6.07 Å². The van der Waals surface area contributed by atoms with E-state index in [1.807, 2.05) is 0 Å². The van der Waals surface area contributed by atoms with E-state index in [4.69, 9.17) is 10.00 Å². The van der Waals surface area contributed by atoms with E-state index in [9.17, 15) is 0 Å². The standard InChI is InChI=1S/C9H15NO/c1-8-4-2-3-5-11-9(6-8)7-10/h8-9H,2-6H2,1H3/t8-,9+/m0/s1. The van der Waals surface area contributed by atoms with Gasteiger partial charge in [-0.1, -0.05) is 19.8 Å². The van der Waals surface area contributed by atoms with E-state index in [2.05, 4.69) is 13.0 Å². The van der Waals surface area contributed by atoms with Gasteiger partial charge in [-0.05, 0) is 18.8 Å². The molecule has 2 atom stereocenters. The van der Waals surface area contributed by atoms with Crippen molar-refractivity contribution in [3.05, 3.63) is 0 Å². The highest BCUT2D eigenvalue weighted by Crippen LogP contribution is 2.18. The summed E-state index contributed by atoms with van der Waals surface area (Å²) in [6.45, 7) is 2.96. The smallest absolute Gasteiger partial charge is 0.144 e. The van der Waals surface area contributed by atoms with Crippen LogP contribution in [0.3, 0.4) is 0 Å². The van der Waals surface area contributed by atoms with Crippen molar-refractivity contribution in [3.63, 3.8) is 0 Å². The van der Waals surface area contributed by atoms with Gasteiger partial charge in [0.25, 0.3) is 0 Å². The second-order valence-corrected chi connectivity index (χ2v) is 3.33. The van der Waals surface area contributed by atoms with Crippen LogP contribution >= 0.6 is 0 Å². The lowest BCUT2D eigenvalue weighted by Crippen LogP contribution is -2.17. The first-order valence-electron chi connectivity index (χ1n) is 4.34. The van der Waals surface area contributed by atoms with Crippen molar-refractivity contribution in [2.75, 3.05) is 6.61 Å². The molecule has 1 heterocycles. The summed E-state index contributed by atoms with van der Waals surface area (Å²) in [6.07, 6.45) is 4.38. The highest BCUT2D eigenvalue weighted by Gasteiger charge is 2.15. The average molecular weight is 153 g/mol.